The van der Waals surface area contributed by atoms with E-state index in [2.05, 4.69) is 4.98 Å². The van der Waals surface area contributed by atoms with Gasteiger partial charge in [0.1, 0.15) is 0 Å². The number of hydrogen-bond donors (Lipinski definition) is 0. The van der Waals surface area contributed by atoms with Crippen LogP contribution in [0.15, 0.2) is 24.5 Å². The van der Waals surface area contributed by atoms with Gasteiger partial charge < -0.3 is 4.74 Å². The molecule has 3 heteroatoms. The third kappa shape index (κ3) is 2.27. The van der Waals surface area contributed by atoms with Crippen molar-refractivity contribution < 1.29 is 4.74 Å². The Hall–Kier alpha value is -0.960. The molecule has 0 aromatic carbocycles. The highest BCUT2D eigenvalue weighted by atomic mass is 32.1. The number of pyridine rings is 1. The average molecular weight is 167 g/mol. The Balaban J connectivity index is 2.69. The Bertz CT molecular complexity index is 235. The fourth-order valence-corrected chi connectivity index (χ4v) is 0.956. The first-order valence-corrected chi connectivity index (χ1v) is 3.82. The topological polar surface area (TPSA) is 22.1 Å². The van der Waals surface area contributed by atoms with Gasteiger partial charge in [-0.1, -0.05) is 0 Å². The fraction of sp³-hybridized carbons (Fsp3) is 0.250. The summed E-state index contributed by atoms with van der Waals surface area (Å²) in [5.74, 6) is 0. The van der Waals surface area contributed by atoms with Gasteiger partial charge in [-0.25, -0.2) is 0 Å². The molecule has 0 bridgehead atoms. The first-order valence-electron chi connectivity index (χ1n) is 3.41. The van der Waals surface area contributed by atoms with E-state index < -0.39 is 0 Å². The van der Waals surface area contributed by atoms with E-state index in [0.29, 0.717) is 11.7 Å². The standard InChI is InChI=1S/C8H9NOS/c1-2-10-8(11)7-3-5-9-6-4-7/h3-6H,2H2,1H3. The van der Waals surface area contributed by atoms with Crippen LogP contribution in [0.4, 0.5) is 0 Å². The molecule has 1 aromatic heterocycles. The van der Waals surface area contributed by atoms with Gasteiger partial charge in [0.25, 0.3) is 0 Å². The van der Waals surface area contributed by atoms with Crippen molar-refractivity contribution in [2.75, 3.05) is 6.61 Å². The van der Waals surface area contributed by atoms with Crippen LogP contribution in [0, 0.1) is 0 Å². The maximum Gasteiger partial charge on any atom is 0.191 e. The van der Waals surface area contributed by atoms with E-state index in [1.807, 2.05) is 19.1 Å². The van der Waals surface area contributed by atoms with Gasteiger partial charge >= 0.3 is 0 Å². The Kier molecular flexibility index (Phi) is 2.98. The summed E-state index contributed by atoms with van der Waals surface area (Å²) < 4.78 is 5.13. The minimum Gasteiger partial charge on any atom is -0.483 e. The van der Waals surface area contributed by atoms with E-state index in [0.717, 1.165) is 5.56 Å². The normalized spacial score (nSPS) is 9.18. The second-order valence-corrected chi connectivity index (χ2v) is 2.33. The molecule has 0 amide bonds. The monoisotopic (exact) mass is 167 g/mol. The zero-order chi connectivity index (χ0) is 8.10. The molecule has 1 rings (SSSR count). The molecule has 0 spiro atoms. The molecule has 0 saturated heterocycles. The maximum absolute atomic E-state index is 5.13. The van der Waals surface area contributed by atoms with Crippen LogP contribution >= 0.6 is 12.2 Å². The summed E-state index contributed by atoms with van der Waals surface area (Å²) in [5, 5.41) is 0.537. The van der Waals surface area contributed by atoms with Crippen LogP contribution in [-0.4, -0.2) is 16.6 Å². The first kappa shape index (κ1) is 8.14. The lowest BCUT2D eigenvalue weighted by Crippen LogP contribution is -2.02. The summed E-state index contributed by atoms with van der Waals surface area (Å²) in [6, 6.07) is 3.66. The quantitative estimate of drug-likeness (QED) is 0.627. The highest BCUT2D eigenvalue weighted by Crippen LogP contribution is 2.00. The Morgan fingerprint density at radius 3 is 2.73 bits per heavy atom. The van der Waals surface area contributed by atoms with Crippen LogP contribution in [0.25, 0.3) is 0 Å². The molecule has 0 fully saturated rings. The number of hydrogen-bond acceptors (Lipinski definition) is 3. The van der Waals surface area contributed by atoms with E-state index in [9.17, 15) is 0 Å². The molecule has 0 unspecified atom stereocenters. The Morgan fingerprint density at radius 2 is 2.18 bits per heavy atom. The molecule has 0 atom stereocenters. The van der Waals surface area contributed by atoms with Crippen LogP contribution in [0.3, 0.4) is 0 Å². The second-order valence-electron chi connectivity index (χ2n) is 1.96. The van der Waals surface area contributed by atoms with E-state index >= 15 is 0 Å². The molecule has 0 aliphatic heterocycles. The lowest BCUT2D eigenvalue weighted by atomic mass is 10.3. The summed E-state index contributed by atoms with van der Waals surface area (Å²) in [4.78, 5) is 3.87. The molecular weight excluding hydrogens is 158 g/mol. The minimum absolute atomic E-state index is 0.537. The number of aromatic nitrogens is 1. The van der Waals surface area contributed by atoms with Crippen LogP contribution in [0.5, 0.6) is 0 Å². The van der Waals surface area contributed by atoms with Gasteiger partial charge in [0, 0.05) is 18.0 Å². The molecule has 2 nitrogen and oxygen atoms in total. The van der Waals surface area contributed by atoms with Crippen LogP contribution in [0.2, 0.25) is 0 Å². The molecule has 58 valence electrons. The summed E-state index contributed by atoms with van der Waals surface area (Å²) in [7, 11) is 0. The van der Waals surface area contributed by atoms with Gasteiger partial charge in [0.05, 0.1) is 6.61 Å². The largest absolute Gasteiger partial charge is 0.483 e. The molecule has 1 heterocycles. The highest BCUT2D eigenvalue weighted by molar-refractivity contribution is 7.80. The van der Waals surface area contributed by atoms with Crippen molar-refractivity contribution in [2.45, 2.75) is 6.92 Å². The first-order chi connectivity index (χ1) is 5.34. The van der Waals surface area contributed by atoms with Crippen molar-refractivity contribution in [1.82, 2.24) is 4.98 Å². The van der Waals surface area contributed by atoms with Crippen molar-refractivity contribution in [3.63, 3.8) is 0 Å². The summed E-state index contributed by atoms with van der Waals surface area (Å²) in [6.07, 6.45) is 3.39. The van der Waals surface area contributed by atoms with Crippen molar-refractivity contribution in [3.05, 3.63) is 30.1 Å². The van der Waals surface area contributed by atoms with Crippen LogP contribution in [-0.2, 0) is 4.74 Å². The predicted molar refractivity (Wildman–Crippen MR) is 47.6 cm³/mol. The minimum atomic E-state index is 0.537. The number of rotatable bonds is 2. The number of thiocarbonyl (C=S) groups is 1. The van der Waals surface area contributed by atoms with Crippen molar-refractivity contribution in [1.29, 1.82) is 0 Å². The molecule has 0 radical (unpaired) electrons. The van der Waals surface area contributed by atoms with Gasteiger partial charge in [0.2, 0.25) is 0 Å². The molecule has 0 aliphatic rings. The number of nitrogens with zero attached hydrogens (tertiary/aromatic N) is 1. The lowest BCUT2D eigenvalue weighted by molar-refractivity contribution is 0.337. The molecule has 0 aliphatic carbocycles. The third-order valence-corrected chi connectivity index (χ3v) is 1.55. The van der Waals surface area contributed by atoms with E-state index in [1.165, 1.54) is 0 Å². The SMILES string of the molecule is CCOC(=S)c1ccncc1. The van der Waals surface area contributed by atoms with Crippen molar-refractivity contribution in [2.24, 2.45) is 0 Å². The highest BCUT2D eigenvalue weighted by Gasteiger charge is 1.97. The van der Waals surface area contributed by atoms with E-state index in [-0.39, 0.29) is 0 Å². The van der Waals surface area contributed by atoms with Gasteiger partial charge in [-0.2, -0.15) is 0 Å². The Morgan fingerprint density at radius 1 is 1.55 bits per heavy atom. The van der Waals surface area contributed by atoms with E-state index in [1.54, 1.807) is 12.4 Å². The van der Waals surface area contributed by atoms with Gasteiger partial charge in [-0.3, -0.25) is 4.98 Å². The average Bonchev–Trinajstić information content (AvgIpc) is 2.07. The lowest BCUT2D eigenvalue weighted by Gasteiger charge is -2.02. The zero-order valence-electron chi connectivity index (χ0n) is 6.28. The van der Waals surface area contributed by atoms with Crippen LogP contribution in [0.1, 0.15) is 12.5 Å². The Labute approximate surface area is 71.2 Å². The summed E-state index contributed by atoms with van der Waals surface area (Å²) >= 11 is 4.97. The zero-order valence-corrected chi connectivity index (χ0v) is 7.10. The summed E-state index contributed by atoms with van der Waals surface area (Å²) in [6.45, 7) is 2.52. The molecule has 11 heavy (non-hydrogen) atoms. The van der Waals surface area contributed by atoms with Crippen molar-refractivity contribution >= 4 is 17.3 Å². The van der Waals surface area contributed by atoms with Gasteiger partial charge in [0.15, 0.2) is 5.05 Å². The van der Waals surface area contributed by atoms with Gasteiger partial charge in [-0.15, -0.1) is 0 Å². The summed E-state index contributed by atoms with van der Waals surface area (Å²) in [5.41, 5.74) is 0.914. The molecule has 1 aromatic rings. The third-order valence-electron chi connectivity index (χ3n) is 1.19. The molecular formula is C8H9NOS. The molecule has 0 saturated carbocycles. The maximum atomic E-state index is 5.13. The van der Waals surface area contributed by atoms with Crippen LogP contribution < -0.4 is 0 Å². The van der Waals surface area contributed by atoms with E-state index in [4.69, 9.17) is 17.0 Å². The number of ether oxygens (including phenoxy) is 1. The smallest absolute Gasteiger partial charge is 0.191 e. The predicted octanol–water partition coefficient (Wildman–Crippen LogP) is 1.79. The van der Waals surface area contributed by atoms with Crippen molar-refractivity contribution in [3.8, 4) is 0 Å². The second kappa shape index (κ2) is 4.03. The van der Waals surface area contributed by atoms with Gasteiger partial charge in [-0.05, 0) is 31.3 Å². The fourth-order valence-electron chi connectivity index (χ4n) is 0.702. The molecule has 0 N–H and O–H groups in total.